The van der Waals surface area contributed by atoms with Crippen molar-refractivity contribution in [1.82, 2.24) is 0 Å². The Morgan fingerprint density at radius 2 is 1.79 bits per heavy atom. The van der Waals surface area contributed by atoms with Gasteiger partial charge in [0, 0.05) is 0 Å². The molecule has 24 heavy (non-hydrogen) atoms. The van der Waals surface area contributed by atoms with Crippen molar-refractivity contribution in [3.8, 4) is 11.1 Å². The molecule has 0 aliphatic carbocycles. The minimum absolute atomic E-state index is 0. The summed E-state index contributed by atoms with van der Waals surface area (Å²) in [6, 6.07) is 12.0. The van der Waals surface area contributed by atoms with Crippen LogP contribution in [0.25, 0.3) is 11.1 Å². The number of benzene rings is 2. The fraction of sp³-hybridized carbons (Fsp3) is 0.235. The Hall–Kier alpha value is -1.08. The maximum absolute atomic E-state index is 12.8. The van der Waals surface area contributed by atoms with E-state index in [1.165, 1.54) is 6.07 Å². The standard InChI is InChI=1S/C17H13F3O3.Ca.2H/c18-17(19,20)14-6-2-5-13(8-14)12-4-1-3-11(7-12)9-23-16(21)15-10-22-15;;;/h1-8,15H,9-10H2;;;/q;+2;2*-1. The second kappa shape index (κ2) is 7.87. The summed E-state index contributed by atoms with van der Waals surface area (Å²) in [5, 5.41) is 0. The first-order valence-corrected chi connectivity index (χ1v) is 6.98. The van der Waals surface area contributed by atoms with Crippen molar-refractivity contribution < 1.29 is 30.3 Å². The number of hydrogen-bond acceptors (Lipinski definition) is 3. The van der Waals surface area contributed by atoms with E-state index >= 15 is 0 Å². The van der Waals surface area contributed by atoms with Crippen molar-refractivity contribution in [3.63, 3.8) is 0 Å². The largest absolute Gasteiger partial charge is 2.00 e. The van der Waals surface area contributed by atoms with Crippen LogP contribution in [0.5, 0.6) is 0 Å². The summed E-state index contributed by atoms with van der Waals surface area (Å²) in [6.45, 7) is 0.439. The van der Waals surface area contributed by atoms with Gasteiger partial charge in [0.1, 0.15) is 6.61 Å². The molecule has 1 aliphatic rings. The average molecular weight is 364 g/mol. The molecule has 3 rings (SSSR count). The molecule has 0 bridgehead atoms. The number of alkyl halides is 3. The van der Waals surface area contributed by atoms with Gasteiger partial charge < -0.3 is 12.3 Å². The predicted molar refractivity (Wildman–Crippen MR) is 84.4 cm³/mol. The van der Waals surface area contributed by atoms with Crippen LogP contribution >= 0.6 is 0 Å². The first-order chi connectivity index (χ1) is 10.9. The van der Waals surface area contributed by atoms with Crippen molar-refractivity contribution >= 4 is 43.7 Å². The Kier molecular flexibility index (Phi) is 6.31. The van der Waals surface area contributed by atoms with Crippen LogP contribution in [0.15, 0.2) is 48.5 Å². The van der Waals surface area contributed by atoms with Crippen LogP contribution in [0.4, 0.5) is 13.2 Å². The molecule has 7 heteroatoms. The Labute approximate surface area is 169 Å². The maximum Gasteiger partial charge on any atom is 2.00 e. The van der Waals surface area contributed by atoms with Crippen molar-refractivity contribution in [2.45, 2.75) is 18.9 Å². The number of carbonyl (C=O) groups excluding carboxylic acids is 1. The zero-order valence-corrected chi connectivity index (χ0v) is 14.9. The van der Waals surface area contributed by atoms with Crippen molar-refractivity contribution in [3.05, 3.63) is 59.7 Å². The molecule has 1 saturated heterocycles. The Morgan fingerprint density at radius 3 is 2.42 bits per heavy atom. The van der Waals surface area contributed by atoms with Gasteiger partial charge in [0.25, 0.3) is 0 Å². The van der Waals surface area contributed by atoms with Gasteiger partial charge in [-0.1, -0.05) is 30.3 Å². The van der Waals surface area contributed by atoms with E-state index in [-0.39, 0.29) is 47.2 Å². The molecule has 1 unspecified atom stereocenters. The topological polar surface area (TPSA) is 38.8 Å². The molecule has 0 spiro atoms. The summed E-state index contributed by atoms with van der Waals surface area (Å²) in [7, 11) is 0. The molecule has 0 N–H and O–H groups in total. The van der Waals surface area contributed by atoms with Gasteiger partial charge in [-0.05, 0) is 34.9 Å². The number of hydrogen-bond donors (Lipinski definition) is 0. The summed E-state index contributed by atoms with van der Waals surface area (Å²) in [5.41, 5.74) is 1.09. The van der Waals surface area contributed by atoms with Gasteiger partial charge in [-0.2, -0.15) is 13.2 Å². The Morgan fingerprint density at radius 1 is 1.17 bits per heavy atom. The normalized spacial score (nSPS) is 16.2. The van der Waals surface area contributed by atoms with E-state index in [4.69, 9.17) is 9.47 Å². The van der Waals surface area contributed by atoms with Gasteiger partial charge in [-0.15, -0.1) is 0 Å². The second-order valence-corrected chi connectivity index (χ2v) is 5.21. The third kappa shape index (κ3) is 4.96. The zero-order valence-electron chi connectivity index (χ0n) is 14.7. The van der Waals surface area contributed by atoms with Crippen LogP contribution < -0.4 is 0 Å². The number of carbonyl (C=O) groups is 1. The third-order valence-corrected chi connectivity index (χ3v) is 3.43. The summed E-state index contributed by atoms with van der Waals surface area (Å²) in [6.07, 6.45) is -4.85. The van der Waals surface area contributed by atoms with E-state index in [0.717, 1.165) is 12.1 Å². The number of ether oxygens (including phenoxy) is 2. The Balaban J connectivity index is 0.00000208. The van der Waals surface area contributed by atoms with Gasteiger partial charge in [-0.3, -0.25) is 0 Å². The van der Waals surface area contributed by atoms with E-state index in [0.29, 0.717) is 23.3 Å². The first kappa shape index (κ1) is 19.2. The van der Waals surface area contributed by atoms with Gasteiger partial charge in [0.15, 0.2) is 6.10 Å². The number of epoxide rings is 1. The minimum atomic E-state index is -4.38. The van der Waals surface area contributed by atoms with Crippen LogP contribution in [0, 0.1) is 0 Å². The molecule has 0 saturated carbocycles. The van der Waals surface area contributed by atoms with Crippen molar-refractivity contribution in [2.75, 3.05) is 6.61 Å². The van der Waals surface area contributed by atoms with E-state index in [1.54, 1.807) is 30.3 Å². The summed E-state index contributed by atoms with van der Waals surface area (Å²) >= 11 is 0. The van der Waals surface area contributed by atoms with E-state index in [2.05, 4.69) is 0 Å². The predicted octanol–water partition coefficient (Wildman–Crippen LogP) is 3.66. The number of esters is 1. The molecule has 2 aromatic rings. The molecule has 0 amide bonds. The van der Waals surface area contributed by atoms with Crippen molar-refractivity contribution in [1.29, 1.82) is 0 Å². The molecular formula is C17H15CaF3O3. The summed E-state index contributed by atoms with van der Waals surface area (Å²) in [4.78, 5) is 11.4. The molecule has 0 aromatic heterocycles. The fourth-order valence-corrected chi connectivity index (χ4v) is 2.15. The van der Waals surface area contributed by atoms with E-state index < -0.39 is 23.8 Å². The summed E-state index contributed by atoms with van der Waals surface area (Å²) in [5.74, 6) is -0.422. The van der Waals surface area contributed by atoms with Gasteiger partial charge in [0.2, 0.25) is 0 Å². The van der Waals surface area contributed by atoms with Crippen LogP contribution in [-0.4, -0.2) is 56.4 Å². The first-order valence-electron chi connectivity index (χ1n) is 6.98. The zero-order chi connectivity index (χ0) is 16.4. The SMILES string of the molecule is O=C(OCc1cccc(-c2cccc(C(F)(F)F)c2)c1)C1CO1.[Ca+2].[H-].[H-]. The van der Waals surface area contributed by atoms with Gasteiger partial charge >= 0.3 is 49.9 Å². The number of halogens is 3. The molecule has 1 fully saturated rings. The average Bonchev–Trinajstić information content (AvgIpc) is 3.37. The maximum atomic E-state index is 12.8. The molecule has 124 valence electrons. The molecule has 2 aromatic carbocycles. The molecular weight excluding hydrogens is 349 g/mol. The number of rotatable bonds is 4. The van der Waals surface area contributed by atoms with E-state index in [1.807, 2.05) is 0 Å². The van der Waals surface area contributed by atoms with Crippen molar-refractivity contribution in [2.24, 2.45) is 0 Å². The fourth-order valence-electron chi connectivity index (χ4n) is 2.15. The quantitative estimate of drug-likeness (QED) is 0.472. The van der Waals surface area contributed by atoms with Crippen LogP contribution in [0.1, 0.15) is 14.0 Å². The van der Waals surface area contributed by atoms with Crippen LogP contribution in [0.3, 0.4) is 0 Å². The summed E-state index contributed by atoms with van der Waals surface area (Å²) < 4.78 is 48.2. The Bertz CT molecular complexity index is 737. The van der Waals surface area contributed by atoms with Crippen LogP contribution in [-0.2, 0) is 27.1 Å². The molecule has 0 radical (unpaired) electrons. The third-order valence-electron chi connectivity index (χ3n) is 3.43. The molecule has 3 nitrogen and oxygen atoms in total. The molecule has 1 atom stereocenters. The van der Waals surface area contributed by atoms with Gasteiger partial charge in [0.05, 0.1) is 12.2 Å². The molecule has 1 heterocycles. The second-order valence-electron chi connectivity index (χ2n) is 5.21. The smallest absolute Gasteiger partial charge is 1.00 e. The van der Waals surface area contributed by atoms with Crippen LogP contribution in [0.2, 0.25) is 0 Å². The monoisotopic (exact) mass is 364 g/mol. The van der Waals surface area contributed by atoms with Gasteiger partial charge in [-0.25, -0.2) is 4.79 Å². The minimum Gasteiger partial charge on any atom is -1.00 e. The van der Waals surface area contributed by atoms with E-state index in [9.17, 15) is 18.0 Å². The molecule has 1 aliphatic heterocycles.